The standard InChI is InChI=1S/C20H31N5O.HI/c1-2-21-20(23-15-19(26)25-11-5-6-12-25)22-10-14-24-13-9-17-7-3-4-8-18(17)16-24;/h3-4,7-8H,2,5-6,9-16H2,1H3,(H2,21,22,23);1H. The highest BCUT2D eigenvalue weighted by molar-refractivity contribution is 14.0. The number of hydrogen-bond acceptors (Lipinski definition) is 3. The molecule has 0 aromatic heterocycles. The van der Waals surface area contributed by atoms with Crippen molar-refractivity contribution in [2.75, 3.05) is 45.8 Å². The molecule has 0 radical (unpaired) electrons. The molecule has 3 rings (SSSR count). The highest BCUT2D eigenvalue weighted by atomic mass is 127. The van der Waals surface area contributed by atoms with Crippen LogP contribution < -0.4 is 10.6 Å². The minimum absolute atomic E-state index is 0. The molecule has 150 valence electrons. The molecule has 0 spiro atoms. The Morgan fingerprint density at radius 1 is 1.11 bits per heavy atom. The van der Waals surface area contributed by atoms with E-state index in [1.54, 1.807) is 0 Å². The van der Waals surface area contributed by atoms with Crippen LogP contribution in [0.4, 0.5) is 0 Å². The van der Waals surface area contributed by atoms with Crippen LogP contribution in [0.1, 0.15) is 30.9 Å². The number of guanidine groups is 1. The first-order valence-corrected chi connectivity index (χ1v) is 9.85. The van der Waals surface area contributed by atoms with Crippen LogP contribution in [-0.2, 0) is 17.8 Å². The number of nitrogens with zero attached hydrogens (tertiary/aromatic N) is 3. The summed E-state index contributed by atoms with van der Waals surface area (Å²) in [4.78, 5) is 21.0. The fourth-order valence-corrected chi connectivity index (χ4v) is 3.63. The highest BCUT2D eigenvalue weighted by Gasteiger charge is 2.18. The molecule has 1 saturated heterocycles. The van der Waals surface area contributed by atoms with Gasteiger partial charge in [-0.15, -0.1) is 24.0 Å². The summed E-state index contributed by atoms with van der Waals surface area (Å²) in [7, 11) is 0. The zero-order valence-electron chi connectivity index (χ0n) is 16.2. The van der Waals surface area contributed by atoms with E-state index in [1.807, 2.05) is 11.8 Å². The molecule has 2 heterocycles. The first-order valence-electron chi connectivity index (χ1n) is 9.85. The van der Waals surface area contributed by atoms with Gasteiger partial charge in [-0.1, -0.05) is 24.3 Å². The number of amides is 1. The summed E-state index contributed by atoms with van der Waals surface area (Å²) in [5, 5.41) is 6.60. The monoisotopic (exact) mass is 485 g/mol. The summed E-state index contributed by atoms with van der Waals surface area (Å²) in [6, 6.07) is 8.70. The molecule has 1 aromatic carbocycles. The van der Waals surface area contributed by atoms with Crippen molar-refractivity contribution < 1.29 is 4.79 Å². The number of likely N-dealkylation sites (tertiary alicyclic amines) is 1. The zero-order valence-corrected chi connectivity index (χ0v) is 18.6. The van der Waals surface area contributed by atoms with Crippen LogP contribution in [0.3, 0.4) is 0 Å². The number of hydrogen-bond donors (Lipinski definition) is 2. The Labute approximate surface area is 179 Å². The lowest BCUT2D eigenvalue weighted by molar-refractivity contribution is -0.128. The Kier molecular flexibility index (Phi) is 9.33. The average molecular weight is 485 g/mol. The fraction of sp³-hybridized carbons (Fsp3) is 0.600. The van der Waals surface area contributed by atoms with Crippen LogP contribution in [0.25, 0.3) is 0 Å². The Balaban J connectivity index is 0.00000261. The largest absolute Gasteiger partial charge is 0.357 e. The molecule has 1 amide bonds. The smallest absolute Gasteiger partial charge is 0.244 e. The molecule has 0 atom stereocenters. The van der Waals surface area contributed by atoms with Gasteiger partial charge in [-0.25, -0.2) is 4.99 Å². The van der Waals surface area contributed by atoms with Gasteiger partial charge in [0.25, 0.3) is 0 Å². The van der Waals surface area contributed by atoms with Gasteiger partial charge in [0.2, 0.25) is 5.91 Å². The number of nitrogens with one attached hydrogen (secondary N) is 2. The average Bonchev–Trinajstić information content (AvgIpc) is 3.20. The number of benzene rings is 1. The second-order valence-corrected chi connectivity index (χ2v) is 7.00. The highest BCUT2D eigenvalue weighted by Crippen LogP contribution is 2.17. The van der Waals surface area contributed by atoms with Crippen molar-refractivity contribution in [2.45, 2.75) is 32.7 Å². The second kappa shape index (κ2) is 11.5. The number of rotatable bonds is 6. The normalized spacial score (nSPS) is 17.2. The molecule has 6 nitrogen and oxygen atoms in total. The van der Waals surface area contributed by atoms with Crippen molar-refractivity contribution in [1.29, 1.82) is 0 Å². The van der Waals surface area contributed by atoms with Gasteiger partial charge in [-0.3, -0.25) is 9.69 Å². The number of halogens is 1. The summed E-state index contributed by atoms with van der Waals surface area (Å²) in [6.45, 7) is 8.74. The van der Waals surface area contributed by atoms with Crippen molar-refractivity contribution in [3.8, 4) is 0 Å². The third-order valence-corrected chi connectivity index (χ3v) is 5.11. The minimum Gasteiger partial charge on any atom is -0.357 e. The molecule has 0 saturated carbocycles. The van der Waals surface area contributed by atoms with Gasteiger partial charge in [0.15, 0.2) is 5.96 Å². The first kappa shape index (κ1) is 21.9. The van der Waals surface area contributed by atoms with E-state index in [1.165, 1.54) is 11.1 Å². The van der Waals surface area contributed by atoms with E-state index in [0.717, 1.165) is 71.0 Å². The molecule has 27 heavy (non-hydrogen) atoms. The van der Waals surface area contributed by atoms with Gasteiger partial charge in [-0.05, 0) is 37.3 Å². The van der Waals surface area contributed by atoms with Crippen molar-refractivity contribution in [3.05, 3.63) is 35.4 Å². The number of fused-ring (bicyclic) bond motifs is 1. The third kappa shape index (κ3) is 6.64. The number of aliphatic imine (C=N–C) groups is 1. The summed E-state index contributed by atoms with van der Waals surface area (Å²) >= 11 is 0. The van der Waals surface area contributed by atoms with E-state index in [0.29, 0.717) is 0 Å². The molecule has 1 fully saturated rings. The maximum absolute atomic E-state index is 12.1. The molecule has 2 aliphatic heterocycles. The quantitative estimate of drug-likeness (QED) is 0.367. The lowest BCUT2D eigenvalue weighted by Gasteiger charge is -2.28. The van der Waals surface area contributed by atoms with Crippen molar-refractivity contribution in [1.82, 2.24) is 20.4 Å². The Hall–Kier alpha value is -1.35. The predicted octanol–water partition coefficient (Wildman–Crippen LogP) is 1.84. The van der Waals surface area contributed by atoms with Gasteiger partial charge >= 0.3 is 0 Å². The molecule has 0 unspecified atom stereocenters. The SMILES string of the molecule is CCNC(=NCC(=O)N1CCCC1)NCCN1CCc2ccccc2C1.I. The topological polar surface area (TPSA) is 60.0 Å². The van der Waals surface area contributed by atoms with Crippen LogP contribution >= 0.6 is 24.0 Å². The summed E-state index contributed by atoms with van der Waals surface area (Å²) < 4.78 is 0. The zero-order chi connectivity index (χ0) is 18.2. The summed E-state index contributed by atoms with van der Waals surface area (Å²) in [6.07, 6.45) is 3.36. The maximum atomic E-state index is 12.1. The van der Waals surface area contributed by atoms with Crippen LogP contribution in [-0.4, -0.2) is 67.5 Å². The molecule has 7 heteroatoms. The lowest BCUT2D eigenvalue weighted by atomic mass is 10.00. The van der Waals surface area contributed by atoms with Crippen LogP contribution in [0.15, 0.2) is 29.3 Å². The predicted molar refractivity (Wildman–Crippen MR) is 121 cm³/mol. The van der Waals surface area contributed by atoms with Crippen LogP contribution in [0.5, 0.6) is 0 Å². The maximum Gasteiger partial charge on any atom is 0.244 e. The third-order valence-electron chi connectivity index (χ3n) is 5.11. The van der Waals surface area contributed by atoms with E-state index in [4.69, 9.17) is 0 Å². The minimum atomic E-state index is 0. The Morgan fingerprint density at radius 2 is 1.85 bits per heavy atom. The van der Waals surface area contributed by atoms with E-state index in [2.05, 4.69) is 44.8 Å². The van der Waals surface area contributed by atoms with E-state index >= 15 is 0 Å². The van der Waals surface area contributed by atoms with E-state index in [9.17, 15) is 4.79 Å². The van der Waals surface area contributed by atoms with Crippen molar-refractivity contribution >= 4 is 35.8 Å². The lowest BCUT2D eigenvalue weighted by Crippen LogP contribution is -2.43. The fourth-order valence-electron chi connectivity index (χ4n) is 3.63. The Morgan fingerprint density at radius 3 is 2.59 bits per heavy atom. The van der Waals surface area contributed by atoms with Gasteiger partial charge in [0.1, 0.15) is 6.54 Å². The van der Waals surface area contributed by atoms with Gasteiger partial charge < -0.3 is 15.5 Å². The molecule has 2 N–H and O–H groups in total. The molecule has 1 aromatic rings. The number of carbonyl (C=O) groups excluding carboxylic acids is 1. The van der Waals surface area contributed by atoms with Crippen LogP contribution in [0, 0.1) is 0 Å². The van der Waals surface area contributed by atoms with Gasteiger partial charge in [0, 0.05) is 45.8 Å². The van der Waals surface area contributed by atoms with E-state index < -0.39 is 0 Å². The van der Waals surface area contributed by atoms with E-state index in [-0.39, 0.29) is 36.4 Å². The summed E-state index contributed by atoms with van der Waals surface area (Å²) in [5.41, 5.74) is 2.92. The van der Waals surface area contributed by atoms with Crippen molar-refractivity contribution in [2.24, 2.45) is 4.99 Å². The second-order valence-electron chi connectivity index (χ2n) is 7.00. The van der Waals surface area contributed by atoms with Gasteiger partial charge in [-0.2, -0.15) is 0 Å². The van der Waals surface area contributed by atoms with Gasteiger partial charge in [0.05, 0.1) is 0 Å². The number of carbonyl (C=O) groups is 1. The van der Waals surface area contributed by atoms with Crippen molar-refractivity contribution in [3.63, 3.8) is 0 Å². The summed E-state index contributed by atoms with van der Waals surface area (Å²) in [5.74, 6) is 0.866. The molecule has 0 aliphatic carbocycles. The first-order chi connectivity index (χ1) is 12.8. The molecule has 0 bridgehead atoms. The molecule has 2 aliphatic rings. The Bertz CT molecular complexity index is 631. The molecular weight excluding hydrogens is 453 g/mol. The van der Waals surface area contributed by atoms with Crippen LogP contribution in [0.2, 0.25) is 0 Å². The molecular formula is C20H32IN5O.